The van der Waals surface area contributed by atoms with Crippen LogP contribution >= 0.6 is 0 Å². The van der Waals surface area contributed by atoms with Gasteiger partial charge in [0.1, 0.15) is 5.65 Å². The summed E-state index contributed by atoms with van der Waals surface area (Å²) in [5.74, 6) is -2.22. The number of nitrogens with one attached hydrogen (secondary N) is 2. The van der Waals surface area contributed by atoms with Gasteiger partial charge in [-0.3, -0.25) is 4.79 Å². The SMILES string of the molecule is NC1CCN(c2nc3[nH]cc(CNCc4ccc(F)c(F)c4)c(=O)c3cc2F)C1. The van der Waals surface area contributed by atoms with E-state index in [1.54, 1.807) is 4.90 Å². The summed E-state index contributed by atoms with van der Waals surface area (Å²) < 4.78 is 40.8. The third kappa shape index (κ3) is 3.96. The van der Waals surface area contributed by atoms with E-state index in [1.165, 1.54) is 18.3 Å². The molecule has 0 radical (unpaired) electrons. The Morgan fingerprint density at radius 2 is 2.00 bits per heavy atom. The van der Waals surface area contributed by atoms with Gasteiger partial charge in [-0.15, -0.1) is 0 Å². The van der Waals surface area contributed by atoms with Gasteiger partial charge < -0.3 is 20.9 Å². The normalized spacial score (nSPS) is 16.7. The zero-order chi connectivity index (χ0) is 20.5. The van der Waals surface area contributed by atoms with Gasteiger partial charge in [-0.05, 0) is 30.2 Å². The minimum atomic E-state index is -0.927. The van der Waals surface area contributed by atoms with E-state index >= 15 is 0 Å². The molecule has 0 amide bonds. The lowest BCUT2D eigenvalue weighted by Crippen LogP contribution is -2.28. The van der Waals surface area contributed by atoms with Crippen LogP contribution in [0.4, 0.5) is 19.0 Å². The molecule has 1 aliphatic rings. The fourth-order valence-corrected chi connectivity index (χ4v) is 3.48. The van der Waals surface area contributed by atoms with E-state index in [0.29, 0.717) is 29.9 Å². The lowest BCUT2D eigenvalue weighted by molar-refractivity contribution is 0.506. The second-order valence-corrected chi connectivity index (χ2v) is 7.18. The molecule has 3 heterocycles. The minimum absolute atomic E-state index is 0.0195. The first-order chi connectivity index (χ1) is 13.9. The summed E-state index contributed by atoms with van der Waals surface area (Å²) in [6.07, 6.45) is 2.28. The third-order valence-corrected chi connectivity index (χ3v) is 5.03. The maximum atomic E-state index is 14.6. The van der Waals surface area contributed by atoms with Crippen LogP contribution in [0.25, 0.3) is 11.0 Å². The van der Waals surface area contributed by atoms with E-state index in [4.69, 9.17) is 5.73 Å². The standard InChI is InChI=1S/C20H20F3N5O/c21-15-2-1-11(5-16(15)22)7-25-8-12-9-26-19-14(18(12)29)6-17(23)20(27-19)28-4-3-13(24)10-28/h1-2,5-6,9,13,25H,3-4,7-8,10,24H2,(H,26,27,29). The van der Waals surface area contributed by atoms with E-state index in [9.17, 15) is 18.0 Å². The summed E-state index contributed by atoms with van der Waals surface area (Å²) in [5, 5.41) is 3.15. The first kappa shape index (κ1) is 19.4. The molecule has 1 saturated heterocycles. The Kier molecular flexibility index (Phi) is 5.25. The van der Waals surface area contributed by atoms with Crippen molar-refractivity contribution in [3.63, 3.8) is 0 Å². The second-order valence-electron chi connectivity index (χ2n) is 7.18. The Labute approximate surface area is 164 Å². The van der Waals surface area contributed by atoms with E-state index in [-0.39, 0.29) is 35.8 Å². The molecular weight excluding hydrogens is 383 g/mol. The predicted octanol–water partition coefficient (Wildman–Crippen LogP) is 2.17. The van der Waals surface area contributed by atoms with Gasteiger partial charge in [0.2, 0.25) is 0 Å². The number of hydrogen-bond donors (Lipinski definition) is 3. The average Bonchev–Trinajstić information content (AvgIpc) is 3.12. The molecule has 1 unspecified atom stereocenters. The van der Waals surface area contributed by atoms with Gasteiger partial charge in [0.15, 0.2) is 28.7 Å². The summed E-state index contributed by atoms with van der Waals surface area (Å²) in [6, 6.07) is 4.78. The molecule has 3 aromatic rings. The van der Waals surface area contributed by atoms with Crippen molar-refractivity contribution in [3.8, 4) is 0 Å². The van der Waals surface area contributed by atoms with Crippen molar-refractivity contribution in [3.05, 3.63) is 69.3 Å². The fourth-order valence-electron chi connectivity index (χ4n) is 3.48. The topological polar surface area (TPSA) is 87.0 Å². The number of hydrogen-bond acceptors (Lipinski definition) is 5. The number of benzene rings is 1. The number of halogens is 3. The van der Waals surface area contributed by atoms with E-state index < -0.39 is 17.5 Å². The van der Waals surface area contributed by atoms with Crippen LogP contribution in [-0.4, -0.2) is 29.1 Å². The van der Waals surface area contributed by atoms with Crippen LogP contribution in [0.15, 0.2) is 35.3 Å². The molecule has 1 aliphatic heterocycles. The van der Waals surface area contributed by atoms with Crippen molar-refractivity contribution in [2.45, 2.75) is 25.6 Å². The van der Waals surface area contributed by atoms with Crippen molar-refractivity contribution in [1.29, 1.82) is 0 Å². The molecule has 152 valence electrons. The molecule has 4 rings (SSSR count). The first-order valence-corrected chi connectivity index (χ1v) is 9.28. The number of aromatic nitrogens is 2. The summed E-state index contributed by atoms with van der Waals surface area (Å²) in [6.45, 7) is 1.56. The van der Waals surface area contributed by atoms with Gasteiger partial charge in [-0.25, -0.2) is 18.2 Å². The van der Waals surface area contributed by atoms with Gasteiger partial charge in [0.05, 0.1) is 5.39 Å². The Hall–Kier alpha value is -2.91. The van der Waals surface area contributed by atoms with Gasteiger partial charge >= 0.3 is 0 Å². The highest BCUT2D eigenvalue weighted by atomic mass is 19.2. The van der Waals surface area contributed by atoms with E-state index in [2.05, 4.69) is 15.3 Å². The molecular formula is C20H20F3N5O. The van der Waals surface area contributed by atoms with Crippen molar-refractivity contribution in [2.75, 3.05) is 18.0 Å². The van der Waals surface area contributed by atoms with E-state index in [0.717, 1.165) is 18.6 Å². The Balaban J connectivity index is 1.52. The highest BCUT2D eigenvalue weighted by Gasteiger charge is 2.24. The minimum Gasteiger partial charge on any atom is -0.353 e. The van der Waals surface area contributed by atoms with Crippen molar-refractivity contribution in [1.82, 2.24) is 15.3 Å². The lowest BCUT2D eigenvalue weighted by atomic mass is 10.1. The van der Waals surface area contributed by atoms with Crippen LogP contribution < -0.4 is 21.4 Å². The summed E-state index contributed by atoms with van der Waals surface area (Å²) in [4.78, 5) is 21.7. The number of aromatic amines is 1. The van der Waals surface area contributed by atoms with Gasteiger partial charge in [0.25, 0.3) is 0 Å². The summed E-state index contributed by atoms with van der Waals surface area (Å²) in [5.41, 5.74) is 6.77. The first-order valence-electron chi connectivity index (χ1n) is 9.28. The maximum absolute atomic E-state index is 14.6. The van der Waals surface area contributed by atoms with Gasteiger partial charge in [0, 0.05) is 44.0 Å². The third-order valence-electron chi connectivity index (χ3n) is 5.03. The molecule has 2 aromatic heterocycles. The van der Waals surface area contributed by atoms with Crippen LogP contribution in [0.5, 0.6) is 0 Å². The molecule has 6 nitrogen and oxygen atoms in total. The number of anilines is 1. The molecule has 1 atom stereocenters. The van der Waals surface area contributed by atoms with Crippen molar-refractivity contribution in [2.24, 2.45) is 5.73 Å². The average molecular weight is 403 g/mol. The molecule has 0 saturated carbocycles. The highest BCUT2D eigenvalue weighted by Crippen LogP contribution is 2.23. The number of H-pyrrole nitrogens is 1. The lowest BCUT2D eigenvalue weighted by Gasteiger charge is -2.18. The molecule has 0 spiro atoms. The molecule has 1 fully saturated rings. The van der Waals surface area contributed by atoms with Crippen molar-refractivity contribution >= 4 is 16.9 Å². The Bertz CT molecular complexity index is 1120. The molecule has 9 heteroatoms. The maximum Gasteiger partial charge on any atom is 0.195 e. The van der Waals surface area contributed by atoms with Crippen LogP contribution in [0, 0.1) is 17.5 Å². The van der Waals surface area contributed by atoms with E-state index in [1.807, 2.05) is 0 Å². The second kappa shape index (κ2) is 7.84. The van der Waals surface area contributed by atoms with Crippen LogP contribution in [0.2, 0.25) is 0 Å². The number of rotatable bonds is 5. The summed E-state index contributed by atoms with van der Waals surface area (Å²) in [7, 11) is 0. The smallest absolute Gasteiger partial charge is 0.195 e. The number of nitrogens with two attached hydrogens (primary N) is 1. The van der Waals surface area contributed by atoms with Gasteiger partial charge in [-0.2, -0.15) is 0 Å². The number of fused-ring (bicyclic) bond motifs is 1. The largest absolute Gasteiger partial charge is 0.353 e. The quantitative estimate of drug-likeness (QED) is 0.608. The fraction of sp³-hybridized carbons (Fsp3) is 0.300. The molecule has 1 aromatic carbocycles. The van der Waals surface area contributed by atoms with Crippen LogP contribution in [0.1, 0.15) is 17.5 Å². The van der Waals surface area contributed by atoms with Crippen molar-refractivity contribution < 1.29 is 13.2 Å². The Morgan fingerprint density at radius 1 is 1.17 bits per heavy atom. The highest BCUT2D eigenvalue weighted by molar-refractivity contribution is 5.77. The van der Waals surface area contributed by atoms with Crippen LogP contribution in [0.3, 0.4) is 0 Å². The zero-order valence-corrected chi connectivity index (χ0v) is 15.5. The molecule has 4 N–H and O–H groups in total. The predicted molar refractivity (Wildman–Crippen MR) is 104 cm³/mol. The monoisotopic (exact) mass is 403 g/mol. The molecule has 0 aliphatic carbocycles. The molecule has 0 bridgehead atoms. The Morgan fingerprint density at radius 3 is 2.72 bits per heavy atom. The van der Waals surface area contributed by atoms with Gasteiger partial charge in [-0.1, -0.05) is 6.07 Å². The van der Waals surface area contributed by atoms with Crippen LogP contribution in [-0.2, 0) is 13.1 Å². The number of nitrogens with zero attached hydrogens (tertiary/aromatic N) is 2. The molecule has 29 heavy (non-hydrogen) atoms. The number of pyridine rings is 2. The zero-order valence-electron chi connectivity index (χ0n) is 15.5. The summed E-state index contributed by atoms with van der Waals surface area (Å²) >= 11 is 0.